The fraction of sp³-hybridized carbons (Fsp3) is 0.412. The Labute approximate surface area is 396 Å². The van der Waals surface area contributed by atoms with E-state index in [4.69, 9.17) is 11.5 Å². The molecule has 0 saturated heterocycles. The summed E-state index contributed by atoms with van der Waals surface area (Å²) in [5.74, 6) is 1.04. The molecule has 8 rings (SSSR count). The van der Waals surface area contributed by atoms with E-state index in [1.54, 1.807) is 45.2 Å². The van der Waals surface area contributed by atoms with Crippen LogP contribution in [0.25, 0.3) is 0 Å². The van der Waals surface area contributed by atoms with Crippen molar-refractivity contribution < 1.29 is 59.4 Å². The van der Waals surface area contributed by atoms with Crippen LogP contribution < -0.4 is 11.5 Å². The highest BCUT2D eigenvalue weighted by atomic mass is 16.4. The molecule has 0 aliphatic heterocycles. The van der Waals surface area contributed by atoms with Crippen LogP contribution in [0.3, 0.4) is 0 Å². The lowest BCUT2D eigenvalue weighted by molar-refractivity contribution is -0.162. The van der Waals surface area contributed by atoms with E-state index in [0.717, 1.165) is 0 Å². The molecule has 8 atom stereocenters. The van der Waals surface area contributed by atoms with E-state index in [2.05, 4.69) is 28.9 Å². The maximum absolute atomic E-state index is 14.2. The third-order valence-electron chi connectivity index (χ3n) is 15.1. The number of fused-ring (bicyclic) bond motifs is 6. The highest BCUT2D eigenvalue weighted by Crippen LogP contribution is 2.59. The minimum absolute atomic E-state index is 0.0605. The molecular formula is C51H51N5O13. The number of primary amides is 2. The molecule has 0 saturated carbocycles. The van der Waals surface area contributed by atoms with E-state index in [9.17, 15) is 64.3 Å². The summed E-state index contributed by atoms with van der Waals surface area (Å²) in [6.07, 6.45) is 3.65. The Morgan fingerprint density at radius 2 is 1.28 bits per heavy atom. The zero-order valence-corrected chi connectivity index (χ0v) is 38.5. The number of unbranched alkanes of at least 4 members (excludes halogenated alkanes) is 3. The Balaban J connectivity index is 0.990. The number of amides is 2. The van der Waals surface area contributed by atoms with Crippen LogP contribution in [0.5, 0.6) is 11.5 Å². The lowest BCUT2D eigenvalue weighted by Crippen LogP contribution is -2.69. The summed E-state index contributed by atoms with van der Waals surface area (Å²) in [6.45, 7) is 1.47. The van der Waals surface area contributed by atoms with Gasteiger partial charge < -0.3 is 51.9 Å². The summed E-state index contributed by atoms with van der Waals surface area (Å²) < 4.78 is 0. The first-order valence-electron chi connectivity index (χ1n) is 22.4. The molecule has 0 fully saturated rings. The van der Waals surface area contributed by atoms with Crippen LogP contribution in [0.2, 0.25) is 0 Å². The third kappa shape index (κ3) is 6.95. The van der Waals surface area contributed by atoms with Crippen molar-refractivity contribution >= 4 is 34.9 Å². The predicted octanol–water partition coefficient (Wildman–Crippen LogP) is 2.23. The molecule has 0 unspecified atom stereocenters. The summed E-state index contributed by atoms with van der Waals surface area (Å²) >= 11 is 0. The van der Waals surface area contributed by atoms with Crippen LogP contribution in [0.1, 0.15) is 88.4 Å². The fourth-order valence-corrected chi connectivity index (χ4v) is 12.0. The van der Waals surface area contributed by atoms with Gasteiger partial charge in [0, 0.05) is 52.5 Å². The van der Waals surface area contributed by atoms with Crippen molar-refractivity contribution in [1.29, 1.82) is 0 Å². The van der Waals surface area contributed by atoms with Crippen molar-refractivity contribution in [1.82, 2.24) is 9.80 Å². The average molecular weight is 942 g/mol. The fourth-order valence-electron chi connectivity index (χ4n) is 12.0. The highest BCUT2D eigenvalue weighted by molar-refractivity contribution is 6.26. The molecule has 18 heteroatoms. The van der Waals surface area contributed by atoms with Crippen LogP contribution in [-0.4, -0.2) is 127 Å². The van der Waals surface area contributed by atoms with E-state index in [1.807, 2.05) is 0 Å². The summed E-state index contributed by atoms with van der Waals surface area (Å²) in [5.41, 5.74) is 3.04. The predicted molar refractivity (Wildman–Crippen MR) is 246 cm³/mol. The highest BCUT2D eigenvalue weighted by Gasteiger charge is 2.70. The zero-order chi connectivity index (χ0) is 50.4. The first-order valence-corrected chi connectivity index (χ1v) is 22.4. The number of aromatic hydroxyl groups is 2. The second-order valence-corrected chi connectivity index (χ2v) is 19.3. The van der Waals surface area contributed by atoms with E-state index in [1.165, 1.54) is 30.0 Å². The average Bonchev–Trinajstić information content (AvgIpc) is 3.27. The van der Waals surface area contributed by atoms with Gasteiger partial charge in [-0.2, -0.15) is 0 Å². The number of ketones is 4. The number of Topliss-reactive ketones (excluding diaryl/α,β-unsaturated/α-hetero) is 4. The Kier molecular flexibility index (Phi) is 11.9. The standard InChI is InChI=1S/C51H51N5O13/c1-49-22-26-19-28-24(15-17-33(58)37(28)41(60)35(26)45(63)51(49,68)46(64)38(48(53)66)39(54-69)42(49)56(4)5)13-11-9-7-6-8-10-12-23-14-16-32(57)36-27(23)18-25-20-30-31(55(2)3)21-29(47(52)65)43(61)50(30,67)44(62)34(25)40(36)59/h14-17,21,25-26,30-31,42,57-58,62-63,67-68H,6-9,18-20,22H2,1-5H3,(H2,52,65)(H2,53,66)/t25-,26-,30-,31+,42+,49-,50+,51-/m0/s1. The van der Waals surface area contributed by atoms with Gasteiger partial charge in [-0.3, -0.25) is 28.8 Å². The van der Waals surface area contributed by atoms with Gasteiger partial charge in [0.1, 0.15) is 34.3 Å². The van der Waals surface area contributed by atoms with E-state index >= 15 is 0 Å². The molecule has 0 radical (unpaired) electrons. The van der Waals surface area contributed by atoms with Crippen molar-refractivity contribution in [3.05, 3.63) is 108 Å². The molecule has 18 nitrogen and oxygen atoms in total. The van der Waals surface area contributed by atoms with Crippen molar-refractivity contribution in [2.75, 3.05) is 28.2 Å². The molecule has 0 heterocycles. The molecule has 0 bridgehead atoms. The Hall–Kier alpha value is -7.22. The van der Waals surface area contributed by atoms with Crippen LogP contribution in [0, 0.1) is 51.8 Å². The topological polar surface area (TPSA) is 312 Å². The van der Waals surface area contributed by atoms with Gasteiger partial charge in [-0.15, -0.1) is 4.91 Å². The van der Waals surface area contributed by atoms with Crippen molar-refractivity contribution in [2.24, 2.45) is 39.8 Å². The summed E-state index contributed by atoms with van der Waals surface area (Å²) in [4.78, 5) is 95.7. The van der Waals surface area contributed by atoms with Gasteiger partial charge in [0.15, 0.2) is 22.8 Å². The number of aliphatic hydroxyl groups is 4. The number of rotatable bonds is 8. The number of likely N-dealkylation sites (N-methyl/N-ethyl adjacent to an activating group) is 2. The lowest BCUT2D eigenvalue weighted by Gasteiger charge is -2.56. The summed E-state index contributed by atoms with van der Waals surface area (Å²) in [6, 6.07) is 3.90. The minimum Gasteiger partial charge on any atom is -0.508 e. The molecule has 6 aliphatic carbocycles. The van der Waals surface area contributed by atoms with Gasteiger partial charge in [-0.05, 0) is 119 Å². The molecule has 69 heavy (non-hydrogen) atoms. The monoisotopic (exact) mass is 941 g/mol. The number of benzene rings is 2. The van der Waals surface area contributed by atoms with Crippen molar-refractivity contribution in [2.45, 2.75) is 81.6 Å². The normalized spacial score (nSPS) is 29.1. The van der Waals surface area contributed by atoms with Crippen molar-refractivity contribution in [3.8, 4) is 35.2 Å². The second kappa shape index (κ2) is 17.1. The van der Waals surface area contributed by atoms with Gasteiger partial charge in [-0.25, -0.2) is 0 Å². The first-order chi connectivity index (χ1) is 32.5. The zero-order valence-electron chi connectivity index (χ0n) is 38.5. The minimum atomic E-state index is -2.84. The number of nitrogens with two attached hydrogens (primary N) is 2. The number of phenols is 2. The van der Waals surface area contributed by atoms with E-state index < -0.39 is 116 Å². The molecular weight excluding hydrogens is 891 g/mol. The molecule has 0 spiro atoms. The first kappa shape index (κ1) is 48.2. The number of allylic oxidation sites excluding steroid dienone is 2. The van der Waals surface area contributed by atoms with Gasteiger partial charge >= 0.3 is 0 Å². The Morgan fingerprint density at radius 1 is 0.754 bits per heavy atom. The molecule has 0 aromatic heterocycles. The number of aliphatic hydroxyl groups excluding tert-OH is 2. The smallest absolute Gasteiger partial charge is 0.254 e. The third-order valence-corrected chi connectivity index (χ3v) is 15.1. The number of nitroso groups, excluding NO2 is 1. The van der Waals surface area contributed by atoms with Gasteiger partial charge in [0.25, 0.3) is 11.8 Å². The number of hydrogen-bond acceptors (Lipinski definition) is 16. The lowest BCUT2D eigenvalue weighted by atomic mass is 9.50. The quantitative estimate of drug-likeness (QED) is 0.0815. The SMILES string of the molecule is CN(C)[C@@H]1C=C(C(N)=O)C(=O)[C@@]2(O)C(O)=C3C(=O)c4c(O)ccc(C#CCCCCC#Cc5ccc(O)c6c5C[C@H]5C[C@@]7(C)[C@H](N(C)C)C(N=O)=C(C(N)=O)C(=O)[C@@]7(O)C(O)=C5C6=O)c4C[C@H]3C[C@@H]12. The number of hydrogen-bond donors (Lipinski definition) is 8. The summed E-state index contributed by atoms with van der Waals surface area (Å²) in [7, 11) is 6.47. The summed E-state index contributed by atoms with van der Waals surface area (Å²) in [5, 5.41) is 72.1. The van der Waals surface area contributed by atoms with Gasteiger partial charge in [0.05, 0.1) is 22.7 Å². The van der Waals surface area contributed by atoms with Gasteiger partial charge in [-0.1, -0.05) is 36.7 Å². The van der Waals surface area contributed by atoms with Crippen LogP contribution in [-0.2, 0) is 32.0 Å². The molecule has 6 aliphatic rings. The molecule has 10 N–H and O–H groups in total. The Bertz CT molecular complexity index is 3010. The van der Waals surface area contributed by atoms with Crippen molar-refractivity contribution in [3.63, 3.8) is 0 Å². The van der Waals surface area contributed by atoms with Gasteiger partial charge in [0.2, 0.25) is 11.6 Å². The maximum Gasteiger partial charge on any atom is 0.254 e. The molecule has 2 aromatic rings. The van der Waals surface area contributed by atoms with E-state index in [0.29, 0.717) is 47.9 Å². The van der Waals surface area contributed by atoms with Crippen LogP contribution >= 0.6 is 0 Å². The molecule has 2 aromatic carbocycles. The largest absolute Gasteiger partial charge is 0.508 e. The molecule has 2 amide bonds. The van der Waals surface area contributed by atoms with E-state index in [-0.39, 0.29) is 53.7 Å². The Morgan fingerprint density at radius 3 is 1.75 bits per heavy atom. The number of phenolic OH excluding ortho intramolecular Hbond substituents is 2. The maximum atomic E-state index is 14.2. The number of nitrogens with zero attached hydrogens (tertiary/aromatic N) is 3. The second-order valence-electron chi connectivity index (χ2n) is 19.3. The molecule has 358 valence electrons. The van der Waals surface area contributed by atoms with Crippen LogP contribution in [0.4, 0.5) is 0 Å². The number of carbonyl (C=O) groups excluding carboxylic acids is 6. The number of carbonyl (C=O) groups is 6. The van der Waals surface area contributed by atoms with Crippen LogP contribution in [0.15, 0.2) is 75.0 Å².